The molecule has 0 nitrogen and oxygen atoms in total. The lowest BCUT2D eigenvalue weighted by atomic mass is 10.2. The van der Waals surface area contributed by atoms with Gasteiger partial charge in [-0.05, 0) is 17.7 Å². The molecule has 1 aliphatic rings. The molecule has 0 radical (unpaired) electrons. The monoisotopic (exact) mass is 192 g/mol. The summed E-state index contributed by atoms with van der Waals surface area (Å²) in [4.78, 5) is 2.58. The summed E-state index contributed by atoms with van der Waals surface area (Å²) < 4.78 is 0. The largest absolute Gasteiger partial charge is 0.0979 e. The minimum absolute atomic E-state index is 1.23. The van der Waals surface area contributed by atoms with E-state index in [0.717, 1.165) is 0 Å². The molecule has 0 aliphatic carbocycles. The van der Waals surface area contributed by atoms with Crippen LogP contribution >= 0.6 is 21.6 Å². The molecular formula is C10H8S2. The van der Waals surface area contributed by atoms with Crippen molar-refractivity contribution in [3.8, 4) is 0 Å². The number of rotatable bonds is 1. The highest BCUT2D eigenvalue weighted by molar-refractivity contribution is 8.78. The molecule has 0 fully saturated rings. The van der Waals surface area contributed by atoms with E-state index in [2.05, 4.69) is 36.9 Å². The standard InChI is InChI=1S/C10H8S2/c1-2-9-7-8-5-3-4-6-10(8)12-11-9/h2-7H,1H2. The van der Waals surface area contributed by atoms with Crippen LogP contribution in [0.3, 0.4) is 0 Å². The van der Waals surface area contributed by atoms with Crippen molar-refractivity contribution in [1.82, 2.24) is 0 Å². The van der Waals surface area contributed by atoms with Crippen molar-refractivity contribution < 1.29 is 0 Å². The Balaban J connectivity index is 2.47. The average Bonchev–Trinajstić information content (AvgIpc) is 2.17. The Labute approximate surface area is 80.2 Å². The minimum Gasteiger partial charge on any atom is -0.0979 e. The molecule has 0 atom stereocenters. The van der Waals surface area contributed by atoms with Gasteiger partial charge in [0.15, 0.2) is 0 Å². The Hall–Kier alpha value is -0.600. The van der Waals surface area contributed by atoms with E-state index in [4.69, 9.17) is 0 Å². The van der Waals surface area contributed by atoms with Crippen molar-refractivity contribution >= 4 is 27.7 Å². The summed E-state index contributed by atoms with van der Waals surface area (Å²) >= 11 is 0. The first-order valence-corrected chi connectivity index (χ1v) is 5.83. The first-order chi connectivity index (χ1) is 5.90. The normalized spacial score (nSPS) is 14.8. The minimum atomic E-state index is 1.23. The molecule has 60 valence electrons. The number of benzene rings is 1. The number of hydrogen-bond donors (Lipinski definition) is 0. The molecule has 0 bridgehead atoms. The Morgan fingerprint density at radius 1 is 1.17 bits per heavy atom. The lowest BCUT2D eigenvalue weighted by Crippen LogP contribution is -1.82. The van der Waals surface area contributed by atoms with Crippen LogP contribution < -0.4 is 0 Å². The lowest BCUT2D eigenvalue weighted by Gasteiger charge is -2.11. The average molecular weight is 192 g/mol. The summed E-state index contributed by atoms with van der Waals surface area (Å²) in [5.41, 5.74) is 1.30. The van der Waals surface area contributed by atoms with Gasteiger partial charge in [0, 0.05) is 9.80 Å². The fraction of sp³-hybridized carbons (Fsp3) is 0. The molecule has 2 rings (SSSR count). The fourth-order valence-corrected chi connectivity index (χ4v) is 3.19. The molecule has 1 heterocycles. The third-order valence-electron chi connectivity index (χ3n) is 1.65. The van der Waals surface area contributed by atoms with Crippen molar-refractivity contribution in [3.05, 3.63) is 47.4 Å². The highest BCUT2D eigenvalue weighted by atomic mass is 33.1. The van der Waals surface area contributed by atoms with E-state index < -0.39 is 0 Å². The van der Waals surface area contributed by atoms with Crippen LogP contribution in [-0.4, -0.2) is 0 Å². The van der Waals surface area contributed by atoms with Crippen LogP contribution in [0.15, 0.2) is 46.7 Å². The Kier molecular flexibility index (Phi) is 2.28. The molecule has 0 saturated carbocycles. The van der Waals surface area contributed by atoms with Gasteiger partial charge < -0.3 is 0 Å². The fourth-order valence-electron chi connectivity index (χ4n) is 1.04. The first kappa shape index (κ1) is 8.02. The van der Waals surface area contributed by atoms with E-state index in [-0.39, 0.29) is 0 Å². The molecule has 0 spiro atoms. The summed E-state index contributed by atoms with van der Waals surface area (Å²) in [5.74, 6) is 0. The summed E-state index contributed by atoms with van der Waals surface area (Å²) in [7, 11) is 3.56. The quantitative estimate of drug-likeness (QED) is 0.617. The lowest BCUT2D eigenvalue weighted by molar-refractivity contribution is 1.43. The van der Waals surface area contributed by atoms with Crippen LogP contribution in [0, 0.1) is 0 Å². The van der Waals surface area contributed by atoms with Gasteiger partial charge in [-0.3, -0.25) is 0 Å². The molecule has 1 aromatic carbocycles. The maximum atomic E-state index is 3.75. The zero-order valence-corrected chi connectivity index (χ0v) is 8.12. The molecule has 0 N–H and O–H groups in total. The van der Waals surface area contributed by atoms with Crippen molar-refractivity contribution in [3.63, 3.8) is 0 Å². The van der Waals surface area contributed by atoms with Gasteiger partial charge in [0.25, 0.3) is 0 Å². The van der Waals surface area contributed by atoms with E-state index in [1.54, 1.807) is 21.6 Å². The van der Waals surface area contributed by atoms with Crippen LogP contribution in [0.5, 0.6) is 0 Å². The molecule has 2 heteroatoms. The van der Waals surface area contributed by atoms with E-state index in [9.17, 15) is 0 Å². The molecule has 0 unspecified atom stereocenters. The number of hydrogen-bond acceptors (Lipinski definition) is 2. The van der Waals surface area contributed by atoms with Gasteiger partial charge in [-0.25, -0.2) is 0 Å². The second-order valence-electron chi connectivity index (χ2n) is 2.46. The molecule has 0 aromatic heterocycles. The highest BCUT2D eigenvalue weighted by Crippen LogP contribution is 2.44. The van der Waals surface area contributed by atoms with E-state index in [1.807, 2.05) is 6.08 Å². The van der Waals surface area contributed by atoms with Gasteiger partial charge in [-0.1, -0.05) is 52.4 Å². The van der Waals surface area contributed by atoms with E-state index in [0.29, 0.717) is 0 Å². The van der Waals surface area contributed by atoms with Crippen molar-refractivity contribution in [2.45, 2.75) is 4.90 Å². The van der Waals surface area contributed by atoms with Gasteiger partial charge in [0.1, 0.15) is 0 Å². The summed E-state index contributed by atoms with van der Waals surface area (Å²) in [6.07, 6.45) is 4.07. The predicted molar refractivity (Wildman–Crippen MR) is 58.1 cm³/mol. The SMILES string of the molecule is C=CC1=Cc2ccccc2SS1. The Morgan fingerprint density at radius 3 is 2.83 bits per heavy atom. The molecule has 1 aliphatic heterocycles. The second kappa shape index (κ2) is 3.42. The molecule has 0 amide bonds. The predicted octanol–water partition coefficient (Wildman–Crippen LogP) is 3.97. The number of fused-ring (bicyclic) bond motifs is 1. The third-order valence-corrected chi connectivity index (χ3v) is 4.12. The van der Waals surface area contributed by atoms with Gasteiger partial charge in [-0.15, -0.1) is 0 Å². The first-order valence-electron chi connectivity index (χ1n) is 3.68. The zero-order chi connectivity index (χ0) is 8.39. The van der Waals surface area contributed by atoms with E-state index in [1.165, 1.54) is 15.4 Å². The Bertz CT molecular complexity index is 339. The zero-order valence-electron chi connectivity index (χ0n) is 6.49. The smallest absolute Gasteiger partial charge is 0.0259 e. The van der Waals surface area contributed by atoms with Gasteiger partial charge in [-0.2, -0.15) is 0 Å². The molecule has 12 heavy (non-hydrogen) atoms. The van der Waals surface area contributed by atoms with Crippen LogP contribution in [0.4, 0.5) is 0 Å². The van der Waals surface area contributed by atoms with Gasteiger partial charge >= 0.3 is 0 Å². The third kappa shape index (κ3) is 1.45. The summed E-state index contributed by atoms with van der Waals surface area (Å²) in [5, 5.41) is 0. The van der Waals surface area contributed by atoms with E-state index >= 15 is 0 Å². The molecular weight excluding hydrogens is 184 g/mol. The topological polar surface area (TPSA) is 0 Å². The van der Waals surface area contributed by atoms with Crippen LogP contribution in [0.25, 0.3) is 6.08 Å². The summed E-state index contributed by atoms with van der Waals surface area (Å²) in [6.45, 7) is 3.75. The second-order valence-corrected chi connectivity index (χ2v) is 4.70. The summed E-state index contributed by atoms with van der Waals surface area (Å²) in [6, 6.07) is 8.40. The van der Waals surface area contributed by atoms with Crippen LogP contribution in [0.1, 0.15) is 5.56 Å². The van der Waals surface area contributed by atoms with Crippen LogP contribution in [-0.2, 0) is 0 Å². The maximum Gasteiger partial charge on any atom is 0.0259 e. The molecule has 0 saturated heterocycles. The van der Waals surface area contributed by atoms with Crippen molar-refractivity contribution in [2.75, 3.05) is 0 Å². The molecule has 1 aromatic rings. The maximum absolute atomic E-state index is 3.75. The Morgan fingerprint density at radius 2 is 2.00 bits per heavy atom. The highest BCUT2D eigenvalue weighted by Gasteiger charge is 2.07. The van der Waals surface area contributed by atoms with Crippen LogP contribution in [0.2, 0.25) is 0 Å². The van der Waals surface area contributed by atoms with Crippen molar-refractivity contribution in [2.24, 2.45) is 0 Å². The van der Waals surface area contributed by atoms with Gasteiger partial charge in [0.05, 0.1) is 0 Å². The van der Waals surface area contributed by atoms with Crippen molar-refractivity contribution in [1.29, 1.82) is 0 Å². The number of allylic oxidation sites excluding steroid dienone is 1. The van der Waals surface area contributed by atoms with Gasteiger partial charge in [0.2, 0.25) is 0 Å².